The fourth-order valence-electron chi connectivity index (χ4n) is 2.46. The molecule has 0 spiro atoms. The first-order valence-electron chi connectivity index (χ1n) is 7.51. The van der Waals surface area contributed by atoms with Gasteiger partial charge in [0.1, 0.15) is 5.75 Å². The first kappa shape index (κ1) is 16.5. The number of hydrogen-bond acceptors (Lipinski definition) is 4. The standard InChI is InChI=1S/C17H18N2O4S/c1-11-3-6-14(7-4-11)24(21,22)19-12(2)13-5-8-16-15(9-13)18-17(20)10-23-16/h3-9,12,19H,10H2,1-2H3,(H,18,20)/t12-/m0/s1. The summed E-state index contributed by atoms with van der Waals surface area (Å²) in [5.41, 5.74) is 2.27. The van der Waals surface area contributed by atoms with Gasteiger partial charge in [-0.05, 0) is 43.7 Å². The Hall–Kier alpha value is -2.38. The van der Waals surface area contributed by atoms with Crippen LogP contribution in [0.4, 0.5) is 5.69 Å². The van der Waals surface area contributed by atoms with E-state index in [1.54, 1.807) is 49.4 Å². The Morgan fingerprint density at radius 2 is 1.88 bits per heavy atom. The molecule has 0 fully saturated rings. The average molecular weight is 346 g/mol. The molecule has 126 valence electrons. The second-order valence-corrected chi connectivity index (χ2v) is 7.46. The minimum Gasteiger partial charge on any atom is -0.482 e. The molecule has 0 bridgehead atoms. The monoisotopic (exact) mass is 346 g/mol. The highest BCUT2D eigenvalue weighted by atomic mass is 32.2. The third-order valence-corrected chi connectivity index (χ3v) is 5.36. The largest absolute Gasteiger partial charge is 0.482 e. The SMILES string of the molecule is Cc1ccc(S(=O)(=O)N[C@@H](C)c2ccc3c(c2)NC(=O)CO3)cc1. The van der Waals surface area contributed by atoms with Crippen molar-refractivity contribution < 1.29 is 17.9 Å². The summed E-state index contributed by atoms with van der Waals surface area (Å²) >= 11 is 0. The highest BCUT2D eigenvalue weighted by molar-refractivity contribution is 7.89. The summed E-state index contributed by atoms with van der Waals surface area (Å²) in [5, 5.41) is 2.71. The van der Waals surface area contributed by atoms with E-state index in [-0.39, 0.29) is 17.4 Å². The summed E-state index contributed by atoms with van der Waals surface area (Å²) in [5.74, 6) is 0.347. The molecule has 1 atom stereocenters. The Morgan fingerprint density at radius 1 is 1.17 bits per heavy atom. The van der Waals surface area contributed by atoms with Crippen molar-refractivity contribution in [2.75, 3.05) is 11.9 Å². The van der Waals surface area contributed by atoms with Gasteiger partial charge in [-0.2, -0.15) is 0 Å². The number of hydrogen-bond donors (Lipinski definition) is 2. The van der Waals surface area contributed by atoms with Crippen molar-refractivity contribution in [3.05, 3.63) is 53.6 Å². The van der Waals surface area contributed by atoms with Crippen LogP contribution in [0, 0.1) is 6.92 Å². The van der Waals surface area contributed by atoms with Crippen molar-refractivity contribution in [2.45, 2.75) is 24.8 Å². The van der Waals surface area contributed by atoms with Gasteiger partial charge >= 0.3 is 0 Å². The molecule has 0 saturated carbocycles. The summed E-state index contributed by atoms with van der Waals surface area (Å²) in [6.07, 6.45) is 0. The predicted octanol–water partition coefficient (Wildman–Crippen LogP) is 2.37. The van der Waals surface area contributed by atoms with Gasteiger partial charge in [0.05, 0.1) is 10.6 Å². The topological polar surface area (TPSA) is 84.5 Å². The number of carbonyl (C=O) groups excluding carboxylic acids is 1. The van der Waals surface area contributed by atoms with Crippen LogP contribution in [0.15, 0.2) is 47.4 Å². The Balaban J connectivity index is 1.82. The maximum atomic E-state index is 12.5. The molecule has 3 rings (SSSR count). The van der Waals surface area contributed by atoms with Crippen LogP contribution in [0.3, 0.4) is 0 Å². The van der Waals surface area contributed by atoms with Crippen LogP contribution in [0.1, 0.15) is 24.1 Å². The highest BCUT2D eigenvalue weighted by Crippen LogP contribution is 2.30. The zero-order chi connectivity index (χ0) is 17.3. The summed E-state index contributed by atoms with van der Waals surface area (Å²) in [6, 6.07) is 11.4. The number of sulfonamides is 1. The van der Waals surface area contributed by atoms with Crippen LogP contribution in [-0.4, -0.2) is 20.9 Å². The van der Waals surface area contributed by atoms with E-state index < -0.39 is 16.1 Å². The van der Waals surface area contributed by atoms with Gasteiger partial charge in [0.2, 0.25) is 10.0 Å². The number of rotatable bonds is 4. The molecule has 2 N–H and O–H groups in total. The summed E-state index contributed by atoms with van der Waals surface area (Å²) < 4.78 is 32.9. The van der Waals surface area contributed by atoms with Crippen molar-refractivity contribution in [1.29, 1.82) is 0 Å². The number of ether oxygens (including phenoxy) is 1. The number of aryl methyl sites for hydroxylation is 1. The molecular weight excluding hydrogens is 328 g/mol. The zero-order valence-electron chi connectivity index (χ0n) is 13.4. The fraction of sp³-hybridized carbons (Fsp3) is 0.235. The number of anilines is 1. The van der Waals surface area contributed by atoms with E-state index in [0.717, 1.165) is 11.1 Å². The van der Waals surface area contributed by atoms with Crippen LogP contribution >= 0.6 is 0 Å². The van der Waals surface area contributed by atoms with Crippen LogP contribution in [0.5, 0.6) is 5.75 Å². The van der Waals surface area contributed by atoms with Crippen molar-refractivity contribution in [3.8, 4) is 5.75 Å². The van der Waals surface area contributed by atoms with Crippen molar-refractivity contribution in [3.63, 3.8) is 0 Å². The molecule has 24 heavy (non-hydrogen) atoms. The third kappa shape index (κ3) is 3.42. The molecule has 0 aliphatic carbocycles. The van der Waals surface area contributed by atoms with Crippen LogP contribution in [0.2, 0.25) is 0 Å². The molecule has 6 nitrogen and oxygen atoms in total. The van der Waals surface area contributed by atoms with Gasteiger partial charge in [0, 0.05) is 6.04 Å². The highest BCUT2D eigenvalue weighted by Gasteiger charge is 2.21. The molecule has 1 amide bonds. The summed E-state index contributed by atoms with van der Waals surface area (Å²) in [6.45, 7) is 3.64. The molecule has 1 aliphatic rings. The number of nitrogens with one attached hydrogen (secondary N) is 2. The lowest BCUT2D eigenvalue weighted by Crippen LogP contribution is -2.28. The zero-order valence-corrected chi connectivity index (χ0v) is 14.2. The Bertz CT molecular complexity index is 876. The molecule has 2 aromatic carbocycles. The molecule has 2 aromatic rings. The van der Waals surface area contributed by atoms with Crippen molar-refractivity contribution in [1.82, 2.24) is 4.72 Å². The van der Waals surface area contributed by atoms with Gasteiger partial charge in [0.15, 0.2) is 6.61 Å². The minimum atomic E-state index is -3.63. The second kappa shape index (κ2) is 6.26. The molecule has 0 aromatic heterocycles. The molecule has 1 aliphatic heterocycles. The van der Waals surface area contributed by atoms with Crippen LogP contribution in [0.25, 0.3) is 0 Å². The minimum absolute atomic E-state index is 0.0120. The predicted molar refractivity (Wildman–Crippen MR) is 90.5 cm³/mol. The number of fused-ring (bicyclic) bond motifs is 1. The van der Waals surface area contributed by atoms with Gasteiger partial charge in [-0.3, -0.25) is 4.79 Å². The van der Waals surface area contributed by atoms with E-state index in [1.807, 2.05) is 6.92 Å². The van der Waals surface area contributed by atoms with Gasteiger partial charge < -0.3 is 10.1 Å². The second-order valence-electron chi connectivity index (χ2n) is 5.75. The molecule has 0 radical (unpaired) electrons. The summed E-state index contributed by atoms with van der Waals surface area (Å²) in [4.78, 5) is 11.6. The molecule has 7 heteroatoms. The molecular formula is C17H18N2O4S. The lowest BCUT2D eigenvalue weighted by molar-refractivity contribution is -0.118. The first-order valence-corrected chi connectivity index (χ1v) is 8.99. The maximum absolute atomic E-state index is 12.5. The van der Waals surface area contributed by atoms with Gasteiger partial charge in [-0.25, -0.2) is 13.1 Å². The Labute approximate surface area is 140 Å². The molecule has 0 unspecified atom stereocenters. The first-order chi connectivity index (χ1) is 11.3. The number of carbonyl (C=O) groups is 1. The van der Waals surface area contributed by atoms with E-state index in [4.69, 9.17) is 4.74 Å². The summed E-state index contributed by atoms with van der Waals surface area (Å²) in [7, 11) is -3.63. The van der Waals surface area contributed by atoms with Crippen molar-refractivity contribution >= 4 is 21.6 Å². The lowest BCUT2D eigenvalue weighted by Gasteiger charge is -2.21. The number of benzene rings is 2. The Morgan fingerprint density at radius 3 is 2.58 bits per heavy atom. The molecule has 1 heterocycles. The quantitative estimate of drug-likeness (QED) is 0.890. The normalized spacial score (nSPS) is 15.2. The third-order valence-electron chi connectivity index (χ3n) is 3.80. The van der Waals surface area contributed by atoms with E-state index in [0.29, 0.717) is 11.4 Å². The van der Waals surface area contributed by atoms with Crippen LogP contribution in [-0.2, 0) is 14.8 Å². The Kier molecular flexibility index (Phi) is 4.29. The van der Waals surface area contributed by atoms with E-state index in [9.17, 15) is 13.2 Å². The van der Waals surface area contributed by atoms with E-state index >= 15 is 0 Å². The van der Waals surface area contributed by atoms with Gasteiger partial charge in [0.25, 0.3) is 5.91 Å². The maximum Gasteiger partial charge on any atom is 0.262 e. The number of amides is 1. The van der Waals surface area contributed by atoms with E-state index in [1.165, 1.54) is 0 Å². The average Bonchev–Trinajstić information content (AvgIpc) is 2.54. The smallest absolute Gasteiger partial charge is 0.262 e. The van der Waals surface area contributed by atoms with E-state index in [2.05, 4.69) is 10.0 Å². The molecule has 0 saturated heterocycles. The van der Waals surface area contributed by atoms with Crippen molar-refractivity contribution in [2.24, 2.45) is 0 Å². The lowest BCUT2D eigenvalue weighted by atomic mass is 10.1. The van der Waals surface area contributed by atoms with Gasteiger partial charge in [-0.1, -0.05) is 23.8 Å². The fourth-order valence-corrected chi connectivity index (χ4v) is 3.69. The van der Waals surface area contributed by atoms with Gasteiger partial charge in [-0.15, -0.1) is 0 Å². The van der Waals surface area contributed by atoms with Crippen LogP contribution < -0.4 is 14.8 Å².